The summed E-state index contributed by atoms with van der Waals surface area (Å²) >= 11 is 5.71. The summed E-state index contributed by atoms with van der Waals surface area (Å²) in [5, 5.41) is 5.75. The molecule has 26 heavy (non-hydrogen) atoms. The number of likely N-dealkylation sites (tertiary alicyclic amines) is 1. The summed E-state index contributed by atoms with van der Waals surface area (Å²) in [6.07, 6.45) is 1.20. The van der Waals surface area contributed by atoms with Gasteiger partial charge in [-0.3, -0.25) is 9.59 Å². The van der Waals surface area contributed by atoms with Crippen LogP contribution in [-0.4, -0.2) is 56.6 Å². The fourth-order valence-corrected chi connectivity index (χ4v) is 2.87. The normalized spacial score (nSPS) is 14.7. The number of piperidine rings is 1. The molecule has 2 N–H and O–H groups in total. The van der Waals surface area contributed by atoms with Gasteiger partial charge in [0.05, 0.1) is 18.2 Å². The van der Waals surface area contributed by atoms with Crippen molar-refractivity contribution in [2.24, 2.45) is 5.92 Å². The molecule has 6 nitrogen and oxygen atoms in total. The maximum atomic E-state index is 13.1. The Morgan fingerprint density at radius 3 is 2.65 bits per heavy atom. The minimum absolute atomic E-state index is 0. The summed E-state index contributed by atoms with van der Waals surface area (Å²) < 4.78 is 18.1. The first-order chi connectivity index (χ1) is 12.0. The quantitative estimate of drug-likeness (QED) is 0.680. The molecule has 0 bridgehead atoms. The molecule has 0 radical (unpaired) electrons. The topological polar surface area (TPSA) is 70.7 Å². The van der Waals surface area contributed by atoms with Crippen molar-refractivity contribution in [1.29, 1.82) is 0 Å². The summed E-state index contributed by atoms with van der Waals surface area (Å²) in [7, 11) is 1.61. The van der Waals surface area contributed by atoms with Crippen LogP contribution in [0, 0.1) is 11.7 Å². The lowest BCUT2D eigenvalue weighted by atomic mass is 9.95. The third-order valence-corrected chi connectivity index (χ3v) is 4.45. The van der Waals surface area contributed by atoms with Gasteiger partial charge in [0.2, 0.25) is 11.8 Å². The van der Waals surface area contributed by atoms with Crippen molar-refractivity contribution in [1.82, 2.24) is 10.2 Å². The summed E-state index contributed by atoms with van der Waals surface area (Å²) in [4.78, 5) is 26.1. The van der Waals surface area contributed by atoms with Gasteiger partial charge in [-0.05, 0) is 31.0 Å². The third-order valence-electron chi connectivity index (χ3n) is 4.16. The van der Waals surface area contributed by atoms with E-state index in [0.717, 1.165) is 0 Å². The monoisotopic (exact) mass is 407 g/mol. The second-order valence-corrected chi connectivity index (χ2v) is 6.35. The fraction of sp³-hybridized carbons (Fsp3) is 0.529. The first-order valence-corrected chi connectivity index (χ1v) is 8.62. The summed E-state index contributed by atoms with van der Waals surface area (Å²) in [5.74, 6) is -0.798. The number of amides is 2. The van der Waals surface area contributed by atoms with E-state index in [9.17, 15) is 14.0 Å². The Hall–Kier alpha value is -1.41. The van der Waals surface area contributed by atoms with E-state index in [4.69, 9.17) is 16.3 Å². The Bertz CT molecular complexity index is 611. The number of anilines is 1. The molecule has 1 heterocycles. The van der Waals surface area contributed by atoms with Gasteiger partial charge in [-0.1, -0.05) is 11.6 Å². The SMILES string of the molecule is COCCNCC(=O)N1CCC(C(=O)Nc2ccc(F)c(Cl)c2)CC1.Cl. The minimum Gasteiger partial charge on any atom is -0.383 e. The summed E-state index contributed by atoms with van der Waals surface area (Å²) in [6.45, 7) is 2.55. The number of ether oxygens (including phenoxy) is 1. The van der Waals surface area contributed by atoms with Crippen molar-refractivity contribution in [3.8, 4) is 0 Å². The lowest BCUT2D eigenvalue weighted by Crippen LogP contribution is -2.45. The number of carbonyl (C=O) groups excluding carboxylic acids is 2. The zero-order chi connectivity index (χ0) is 18.2. The molecule has 0 atom stereocenters. The highest BCUT2D eigenvalue weighted by atomic mass is 35.5. The molecule has 1 saturated heterocycles. The predicted octanol–water partition coefficient (Wildman–Crippen LogP) is 2.31. The number of hydrogen-bond acceptors (Lipinski definition) is 4. The Morgan fingerprint density at radius 2 is 2.04 bits per heavy atom. The molecule has 1 aromatic carbocycles. The minimum atomic E-state index is -0.523. The van der Waals surface area contributed by atoms with Gasteiger partial charge in [0.25, 0.3) is 0 Å². The van der Waals surface area contributed by atoms with Crippen molar-refractivity contribution >= 4 is 41.5 Å². The van der Waals surface area contributed by atoms with E-state index < -0.39 is 5.82 Å². The number of nitrogens with zero attached hydrogens (tertiary/aromatic N) is 1. The van der Waals surface area contributed by atoms with Crippen LogP contribution < -0.4 is 10.6 Å². The summed E-state index contributed by atoms with van der Waals surface area (Å²) in [6, 6.07) is 4.08. The highest BCUT2D eigenvalue weighted by Crippen LogP contribution is 2.22. The van der Waals surface area contributed by atoms with Crippen LogP contribution in [0.5, 0.6) is 0 Å². The van der Waals surface area contributed by atoms with Crippen molar-refractivity contribution in [2.75, 3.05) is 45.2 Å². The van der Waals surface area contributed by atoms with Gasteiger partial charge in [-0.15, -0.1) is 12.4 Å². The molecule has 0 unspecified atom stereocenters. The number of nitrogens with one attached hydrogen (secondary N) is 2. The highest BCUT2D eigenvalue weighted by molar-refractivity contribution is 6.31. The molecule has 1 aromatic rings. The Labute approximate surface area is 163 Å². The smallest absolute Gasteiger partial charge is 0.236 e. The largest absolute Gasteiger partial charge is 0.383 e. The molecule has 2 rings (SSSR count). The van der Waals surface area contributed by atoms with Gasteiger partial charge in [0, 0.05) is 38.3 Å². The Balaban J connectivity index is 0.00000338. The van der Waals surface area contributed by atoms with Crippen LogP contribution in [0.3, 0.4) is 0 Å². The van der Waals surface area contributed by atoms with Crippen LogP contribution >= 0.6 is 24.0 Å². The molecule has 9 heteroatoms. The van der Waals surface area contributed by atoms with Crippen LogP contribution in [0.1, 0.15) is 12.8 Å². The molecular weight excluding hydrogens is 384 g/mol. The van der Waals surface area contributed by atoms with Crippen molar-refractivity contribution < 1.29 is 18.7 Å². The van der Waals surface area contributed by atoms with Crippen molar-refractivity contribution in [3.63, 3.8) is 0 Å². The molecule has 1 aliphatic rings. The molecule has 2 amide bonds. The second-order valence-electron chi connectivity index (χ2n) is 5.94. The van der Waals surface area contributed by atoms with Gasteiger partial charge in [-0.2, -0.15) is 0 Å². The van der Waals surface area contributed by atoms with Gasteiger partial charge >= 0.3 is 0 Å². The van der Waals surface area contributed by atoms with E-state index in [1.807, 2.05) is 0 Å². The molecule has 0 saturated carbocycles. The van der Waals surface area contributed by atoms with E-state index in [1.165, 1.54) is 18.2 Å². The lowest BCUT2D eigenvalue weighted by Gasteiger charge is -2.31. The number of rotatable bonds is 7. The first kappa shape index (κ1) is 22.6. The van der Waals surface area contributed by atoms with Crippen molar-refractivity contribution in [3.05, 3.63) is 29.0 Å². The van der Waals surface area contributed by atoms with Gasteiger partial charge in [-0.25, -0.2) is 4.39 Å². The van der Waals surface area contributed by atoms with E-state index in [0.29, 0.717) is 44.8 Å². The van der Waals surface area contributed by atoms with Gasteiger partial charge < -0.3 is 20.3 Å². The van der Waals surface area contributed by atoms with Crippen LogP contribution in [0.2, 0.25) is 5.02 Å². The number of halogens is 3. The molecule has 1 aliphatic heterocycles. The average Bonchev–Trinajstić information content (AvgIpc) is 2.62. The highest BCUT2D eigenvalue weighted by Gasteiger charge is 2.27. The van der Waals surface area contributed by atoms with Crippen LogP contribution in [0.25, 0.3) is 0 Å². The van der Waals surface area contributed by atoms with E-state index in [-0.39, 0.29) is 41.7 Å². The third kappa shape index (κ3) is 6.72. The molecule has 0 spiro atoms. The van der Waals surface area contributed by atoms with E-state index in [2.05, 4.69) is 10.6 Å². The maximum Gasteiger partial charge on any atom is 0.236 e. The molecule has 146 valence electrons. The molecule has 0 aliphatic carbocycles. The number of benzene rings is 1. The zero-order valence-electron chi connectivity index (χ0n) is 14.6. The molecule has 0 aromatic heterocycles. The number of carbonyl (C=O) groups is 2. The number of hydrogen-bond donors (Lipinski definition) is 2. The molecular formula is C17H24Cl2FN3O3. The van der Waals surface area contributed by atoms with E-state index >= 15 is 0 Å². The van der Waals surface area contributed by atoms with Crippen LogP contribution in [-0.2, 0) is 14.3 Å². The van der Waals surface area contributed by atoms with Crippen LogP contribution in [0.4, 0.5) is 10.1 Å². The maximum absolute atomic E-state index is 13.1. The zero-order valence-corrected chi connectivity index (χ0v) is 16.2. The summed E-state index contributed by atoms with van der Waals surface area (Å²) in [5.41, 5.74) is 0.470. The lowest BCUT2D eigenvalue weighted by molar-refractivity contribution is -0.133. The average molecular weight is 408 g/mol. The van der Waals surface area contributed by atoms with E-state index in [1.54, 1.807) is 12.0 Å². The Kier molecular flexibility index (Phi) is 9.87. The second kappa shape index (κ2) is 11.3. The Morgan fingerprint density at radius 1 is 1.35 bits per heavy atom. The standard InChI is InChI=1S/C17H23ClFN3O3.ClH/c1-25-9-6-20-11-16(23)22-7-4-12(5-8-22)17(24)21-13-2-3-15(19)14(18)10-13;/h2-3,10,12,20H,4-9,11H2,1H3,(H,21,24);1H. The molecule has 1 fully saturated rings. The van der Waals surface area contributed by atoms with Gasteiger partial charge in [0.1, 0.15) is 5.82 Å². The van der Waals surface area contributed by atoms with Crippen molar-refractivity contribution in [2.45, 2.75) is 12.8 Å². The predicted molar refractivity (Wildman–Crippen MR) is 101 cm³/mol. The van der Waals surface area contributed by atoms with Gasteiger partial charge in [0.15, 0.2) is 0 Å². The first-order valence-electron chi connectivity index (χ1n) is 8.24. The number of methoxy groups -OCH3 is 1. The van der Waals surface area contributed by atoms with Crippen LogP contribution in [0.15, 0.2) is 18.2 Å². The fourth-order valence-electron chi connectivity index (χ4n) is 2.69.